The molecule has 2 saturated heterocycles. The normalized spacial score (nSPS) is 21.1. The number of hydrogen-bond acceptors (Lipinski definition) is 5. The number of hydrogen-bond donors (Lipinski definition) is 2. The molecule has 8 nitrogen and oxygen atoms in total. The highest BCUT2D eigenvalue weighted by molar-refractivity contribution is 5.86. The highest BCUT2D eigenvalue weighted by atomic mass is 16.5. The first kappa shape index (κ1) is 20.4. The molecule has 1 aromatic carbocycles. The van der Waals surface area contributed by atoms with Gasteiger partial charge in [-0.2, -0.15) is 0 Å². The summed E-state index contributed by atoms with van der Waals surface area (Å²) < 4.78 is 16.2. The molecule has 0 aromatic heterocycles. The van der Waals surface area contributed by atoms with E-state index in [-0.39, 0.29) is 18.9 Å². The largest absolute Gasteiger partial charge is 0.497 e. The van der Waals surface area contributed by atoms with Crippen LogP contribution in [0.25, 0.3) is 0 Å². The smallest absolute Gasteiger partial charge is 0.329 e. The number of carbonyl (C=O) groups is 2. The van der Waals surface area contributed by atoms with Gasteiger partial charge in [0.2, 0.25) is 0 Å². The number of nitrogens with one attached hydrogen (secondary N) is 1. The van der Waals surface area contributed by atoms with Gasteiger partial charge < -0.3 is 29.5 Å². The molecule has 0 unspecified atom stereocenters. The van der Waals surface area contributed by atoms with Crippen LogP contribution in [0.3, 0.4) is 0 Å². The molecule has 2 amide bonds. The predicted molar refractivity (Wildman–Crippen MR) is 101 cm³/mol. The standard InChI is InChI=1S/C20H28N2O6/c1-26-16-6-4-15(5-7-16)13-22(14-17-3-2-10-28-17)19(25)21-20(18(23)24)8-11-27-12-9-20/h4-7,17H,2-3,8-14H2,1H3,(H,21,25)(H,23,24)/t17-/m1/s1. The third kappa shape index (κ3) is 4.94. The number of methoxy groups -OCH3 is 1. The van der Waals surface area contributed by atoms with E-state index in [2.05, 4.69) is 5.32 Å². The maximum atomic E-state index is 13.1. The lowest BCUT2D eigenvalue weighted by molar-refractivity contribution is -0.148. The van der Waals surface area contributed by atoms with E-state index in [1.165, 1.54) is 0 Å². The second kappa shape index (κ2) is 9.25. The molecule has 2 N–H and O–H groups in total. The second-order valence-electron chi connectivity index (χ2n) is 7.29. The molecular formula is C20H28N2O6. The van der Waals surface area contributed by atoms with Crippen molar-refractivity contribution in [3.05, 3.63) is 29.8 Å². The lowest BCUT2D eigenvalue weighted by atomic mass is 9.90. The average molecular weight is 392 g/mol. The maximum Gasteiger partial charge on any atom is 0.329 e. The zero-order valence-electron chi connectivity index (χ0n) is 16.2. The average Bonchev–Trinajstić information content (AvgIpc) is 3.22. The molecule has 1 aromatic rings. The van der Waals surface area contributed by atoms with E-state index in [4.69, 9.17) is 14.2 Å². The van der Waals surface area contributed by atoms with Crippen LogP contribution >= 0.6 is 0 Å². The molecule has 2 aliphatic heterocycles. The van der Waals surface area contributed by atoms with Crippen LogP contribution < -0.4 is 10.1 Å². The van der Waals surface area contributed by atoms with Crippen molar-refractivity contribution in [1.29, 1.82) is 0 Å². The van der Waals surface area contributed by atoms with E-state index in [1.807, 2.05) is 24.3 Å². The van der Waals surface area contributed by atoms with Gasteiger partial charge in [-0.3, -0.25) is 0 Å². The summed E-state index contributed by atoms with van der Waals surface area (Å²) in [6.45, 7) is 2.11. The molecular weight excluding hydrogens is 364 g/mol. The Morgan fingerprint density at radius 3 is 2.54 bits per heavy atom. The zero-order chi connectivity index (χ0) is 20.0. The van der Waals surface area contributed by atoms with E-state index in [0.29, 0.717) is 32.9 Å². The van der Waals surface area contributed by atoms with Crippen LogP contribution in [0.15, 0.2) is 24.3 Å². The number of carbonyl (C=O) groups excluding carboxylic acids is 1. The molecule has 0 aliphatic carbocycles. The van der Waals surface area contributed by atoms with Gasteiger partial charge in [0, 0.05) is 45.8 Å². The minimum Gasteiger partial charge on any atom is -0.497 e. The van der Waals surface area contributed by atoms with Crippen molar-refractivity contribution >= 4 is 12.0 Å². The van der Waals surface area contributed by atoms with Crippen molar-refractivity contribution in [2.45, 2.75) is 43.9 Å². The monoisotopic (exact) mass is 392 g/mol. The summed E-state index contributed by atoms with van der Waals surface area (Å²) in [7, 11) is 1.60. The number of amides is 2. The molecule has 0 saturated carbocycles. The number of nitrogens with zero attached hydrogens (tertiary/aromatic N) is 1. The Morgan fingerprint density at radius 1 is 1.25 bits per heavy atom. The van der Waals surface area contributed by atoms with E-state index in [9.17, 15) is 14.7 Å². The first-order valence-corrected chi connectivity index (χ1v) is 9.65. The number of urea groups is 1. The Bertz CT molecular complexity index is 666. The molecule has 0 spiro atoms. The predicted octanol–water partition coefficient (Wildman–Crippen LogP) is 2.02. The summed E-state index contributed by atoms with van der Waals surface area (Å²) in [5.41, 5.74) is -0.352. The lowest BCUT2D eigenvalue weighted by Gasteiger charge is -2.36. The molecule has 2 aliphatic rings. The number of carboxylic acids is 1. The van der Waals surface area contributed by atoms with E-state index < -0.39 is 17.5 Å². The molecule has 8 heteroatoms. The van der Waals surface area contributed by atoms with Crippen molar-refractivity contribution in [1.82, 2.24) is 10.2 Å². The van der Waals surface area contributed by atoms with Crippen molar-refractivity contribution in [3.8, 4) is 5.75 Å². The summed E-state index contributed by atoms with van der Waals surface area (Å²) >= 11 is 0. The molecule has 0 bridgehead atoms. The van der Waals surface area contributed by atoms with Crippen LogP contribution in [0.1, 0.15) is 31.2 Å². The van der Waals surface area contributed by atoms with Gasteiger partial charge in [-0.05, 0) is 30.5 Å². The van der Waals surface area contributed by atoms with Gasteiger partial charge >= 0.3 is 12.0 Å². The fourth-order valence-corrected chi connectivity index (χ4v) is 3.60. The highest BCUT2D eigenvalue weighted by Gasteiger charge is 2.42. The van der Waals surface area contributed by atoms with Gasteiger partial charge in [0.25, 0.3) is 0 Å². The molecule has 0 radical (unpaired) electrons. The first-order valence-electron chi connectivity index (χ1n) is 9.65. The van der Waals surface area contributed by atoms with Gasteiger partial charge in [0.05, 0.1) is 13.2 Å². The van der Waals surface area contributed by atoms with E-state index in [1.54, 1.807) is 12.0 Å². The highest BCUT2D eigenvalue weighted by Crippen LogP contribution is 2.23. The van der Waals surface area contributed by atoms with Crippen LogP contribution in [-0.4, -0.2) is 67.1 Å². The molecule has 2 fully saturated rings. The summed E-state index contributed by atoms with van der Waals surface area (Å²) in [6, 6.07) is 7.09. The number of aliphatic carboxylic acids is 1. The second-order valence-corrected chi connectivity index (χ2v) is 7.29. The number of benzene rings is 1. The Hall–Kier alpha value is -2.32. The van der Waals surface area contributed by atoms with Crippen molar-refractivity contribution < 1.29 is 28.9 Å². The zero-order valence-corrected chi connectivity index (χ0v) is 16.2. The third-order valence-corrected chi connectivity index (χ3v) is 5.37. The van der Waals surface area contributed by atoms with Gasteiger partial charge in [-0.25, -0.2) is 9.59 Å². The van der Waals surface area contributed by atoms with Crippen molar-refractivity contribution in [2.75, 3.05) is 33.5 Å². The summed E-state index contributed by atoms with van der Waals surface area (Å²) in [5.74, 6) is -0.281. The summed E-state index contributed by atoms with van der Waals surface area (Å²) in [4.78, 5) is 26.6. The minimum absolute atomic E-state index is 0.0283. The Labute approximate surface area is 164 Å². The number of carboxylic acid groups (broad SMARTS) is 1. The molecule has 28 heavy (non-hydrogen) atoms. The minimum atomic E-state index is -1.29. The van der Waals surface area contributed by atoms with Crippen LogP contribution in [0, 0.1) is 0 Å². The fraction of sp³-hybridized carbons (Fsp3) is 0.600. The van der Waals surface area contributed by atoms with Crippen LogP contribution in [-0.2, 0) is 20.8 Å². The van der Waals surface area contributed by atoms with E-state index >= 15 is 0 Å². The van der Waals surface area contributed by atoms with Gasteiger partial charge in [-0.1, -0.05) is 12.1 Å². The molecule has 154 valence electrons. The molecule has 2 heterocycles. The van der Waals surface area contributed by atoms with Crippen molar-refractivity contribution in [2.24, 2.45) is 0 Å². The van der Waals surface area contributed by atoms with Gasteiger partial charge in [0.15, 0.2) is 0 Å². The van der Waals surface area contributed by atoms with Crippen LogP contribution in [0.4, 0.5) is 4.79 Å². The molecule has 1 atom stereocenters. The fourth-order valence-electron chi connectivity index (χ4n) is 3.60. The number of rotatable bonds is 7. The lowest BCUT2D eigenvalue weighted by Crippen LogP contribution is -2.60. The quantitative estimate of drug-likeness (QED) is 0.737. The van der Waals surface area contributed by atoms with Gasteiger partial charge in [-0.15, -0.1) is 0 Å². The third-order valence-electron chi connectivity index (χ3n) is 5.37. The van der Waals surface area contributed by atoms with Crippen molar-refractivity contribution in [3.63, 3.8) is 0 Å². The number of ether oxygens (including phenoxy) is 3. The Kier molecular flexibility index (Phi) is 6.74. The van der Waals surface area contributed by atoms with Gasteiger partial charge in [0.1, 0.15) is 11.3 Å². The van der Waals surface area contributed by atoms with Crippen LogP contribution in [0.5, 0.6) is 5.75 Å². The summed E-state index contributed by atoms with van der Waals surface area (Å²) in [5, 5.41) is 12.5. The Morgan fingerprint density at radius 2 is 1.96 bits per heavy atom. The van der Waals surface area contributed by atoms with E-state index in [0.717, 1.165) is 24.2 Å². The SMILES string of the molecule is COc1ccc(CN(C[C@H]2CCCO2)C(=O)NC2(C(=O)O)CCOCC2)cc1. The summed E-state index contributed by atoms with van der Waals surface area (Å²) in [6.07, 6.45) is 2.34. The molecule has 3 rings (SSSR count). The van der Waals surface area contributed by atoms with Crippen LogP contribution in [0.2, 0.25) is 0 Å². The Balaban J connectivity index is 1.74. The maximum absolute atomic E-state index is 13.1. The first-order chi connectivity index (χ1) is 13.5. The topological polar surface area (TPSA) is 97.3 Å².